The zero-order valence-corrected chi connectivity index (χ0v) is 13.5. The van der Waals surface area contributed by atoms with E-state index in [1.54, 1.807) is 7.11 Å². The predicted octanol–water partition coefficient (Wildman–Crippen LogP) is 2.95. The summed E-state index contributed by atoms with van der Waals surface area (Å²) in [5, 5.41) is 0. The molecular formula is C16H34N2O2. The molecular weight excluding hydrogens is 252 g/mol. The van der Waals surface area contributed by atoms with E-state index in [2.05, 4.69) is 6.92 Å². The summed E-state index contributed by atoms with van der Waals surface area (Å²) < 4.78 is 5.06. The van der Waals surface area contributed by atoms with Crippen LogP contribution in [0, 0.1) is 0 Å². The van der Waals surface area contributed by atoms with Crippen molar-refractivity contribution in [2.24, 2.45) is 5.73 Å². The van der Waals surface area contributed by atoms with E-state index < -0.39 is 0 Å². The highest BCUT2D eigenvalue weighted by molar-refractivity contribution is 5.76. The van der Waals surface area contributed by atoms with Crippen molar-refractivity contribution in [2.45, 2.75) is 64.7 Å². The molecule has 0 aliphatic rings. The number of methoxy groups -OCH3 is 1. The summed E-state index contributed by atoms with van der Waals surface area (Å²) in [6.45, 7) is 4.91. The zero-order chi connectivity index (χ0) is 15.1. The van der Waals surface area contributed by atoms with Crippen LogP contribution in [-0.4, -0.2) is 44.2 Å². The Morgan fingerprint density at radius 2 is 1.65 bits per heavy atom. The largest absolute Gasteiger partial charge is 0.383 e. The second kappa shape index (κ2) is 14.8. The number of nitrogens with two attached hydrogens (primary N) is 1. The minimum atomic E-state index is 0.254. The van der Waals surface area contributed by atoms with E-state index in [0.29, 0.717) is 26.1 Å². The molecule has 4 nitrogen and oxygen atoms in total. The van der Waals surface area contributed by atoms with Crippen molar-refractivity contribution >= 4 is 5.91 Å². The van der Waals surface area contributed by atoms with Gasteiger partial charge in [-0.25, -0.2) is 0 Å². The average molecular weight is 286 g/mol. The monoisotopic (exact) mass is 286 g/mol. The van der Waals surface area contributed by atoms with Crippen molar-refractivity contribution < 1.29 is 9.53 Å². The van der Waals surface area contributed by atoms with Crippen LogP contribution in [0.4, 0.5) is 0 Å². The van der Waals surface area contributed by atoms with Crippen LogP contribution in [0.5, 0.6) is 0 Å². The Labute approximate surface area is 125 Å². The lowest BCUT2D eigenvalue weighted by Gasteiger charge is -2.22. The second-order valence-corrected chi connectivity index (χ2v) is 5.39. The van der Waals surface area contributed by atoms with Gasteiger partial charge in [-0.3, -0.25) is 4.79 Å². The molecule has 0 heterocycles. The van der Waals surface area contributed by atoms with E-state index in [9.17, 15) is 4.79 Å². The molecule has 0 aliphatic carbocycles. The first-order valence-corrected chi connectivity index (χ1v) is 8.23. The number of unbranched alkanes of at least 4 members (excludes halogenated alkanes) is 6. The molecule has 0 aromatic rings. The van der Waals surface area contributed by atoms with Crippen molar-refractivity contribution in [2.75, 3.05) is 33.4 Å². The Hall–Kier alpha value is -0.610. The lowest BCUT2D eigenvalue weighted by molar-refractivity contribution is -0.132. The molecule has 0 unspecified atom stereocenters. The first-order chi connectivity index (χ1) is 9.76. The van der Waals surface area contributed by atoms with Crippen molar-refractivity contribution in [1.82, 2.24) is 4.90 Å². The fraction of sp³-hybridized carbons (Fsp3) is 0.938. The highest BCUT2D eigenvalue weighted by Crippen LogP contribution is 2.09. The molecule has 0 aromatic heterocycles. The van der Waals surface area contributed by atoms with E-state index in [0.717, 1.165) is 19.4 Å². The van der Waals surface area contributed by atoms with Crippen LogP contribution in [0.25, 0.3) is 0 Å². The van der Waals surface area contributed by atoms with Crippen molar-refractivity contribution in [3.8, 4) is 0 Å². The van der Waals surface area contributed by atoms with E-state index in [1.165, 1.54) is 38.5 Å². The lowest BCUT2D eigenvalue weighted by Crippen LogP contribution is -2.35. The van der Waals surface area contributed by atoms with E-state index >= 15 is 0 Å². The van der Waals surface area contributed by atoms with Gasteiger partial charge in [-0.1, -0.05) is 45.4 Å². The molecule has 1 amide bonds. The number of ether oxygens (including phenoxy) is 1. The number of nitrogens with zero attached hydrogens (tertiary/aromatic N) is 1. The van der Waals surface area contributed by atoms with Gasteiger partial charge >= 0.3 is 0 Å². The molecule has 0 radical (unpaired) electrons. The van der Waals surface area contributed by atoms with Crippen LogP contribution in [-0.2, 0) is 9.53 Å². The van der Waals surface area contributed by atoms with Gasteiger partial charge in [0.25, 0.3) is 0 Å². The molecule has 0 spiro atoms. The summed E-state index contributed by atoms with van der Waals surface area (Å²) in [5.41, 5.74) is 5.52. The molecule has 0 saturated heterocycles. The summed E-state index contributed by atoms with van der Waals surface area (Å²) in [6, 6.07) is 0. The molecule has 4 heteroatoms. The molecule has 0 fully saturated rings. The van der Waals surface area contributed by atoms with E-state index in [4.69, 9.17) is 10.5 Å². The van der Waals surface area contributed by atoms with Crippen LogP contribution in [0.2, 0.25) is 0 Å². The van der Waals surface area contributed by atoms with Crippen molar-refractivity contribution in [3.63, 3.8) is 0 Å². The molecule has 0 aliphatic heterocycles. The van der Waals surface area contributed by atoms with E-state index in [-0.39, 0.29) is 5.91 Å². The summed E-state index contributed by atoms with van der Waals surface area (Å²) in [4.78, 5) is 14.0. The third kappa shape index (κ3) is 11.2. The SMILES string of the molecule is CCCCCCCCCC(=O)N(CCCN)CCOC. The number of hydrogen-bond donors (Lipinski definition) is 1. The maximum atomic E-state index is 12.1. The van der Waals surface area contributed by atoms with Gasteiger partial charge in [-0.05, 0) is 19.4 Å². The topological polar surface area (TPSA) is 55.6 Å². The number of carbonyl (C=O) groups is 1. The highest BCUT2D eigenvalue weighted by Gasteiger charge is 2.11. The Kier molecular flexibility index (Phi) is 14.3. The predicted molar refractivity (Wildman–Crippen MR) is 84.7 cm³/mol. The smallest absolute Gasteiger partial charge is 0.222 e. The van der Waals surface area contributed by atoms with Gasteiger partial charge < -0.3 is 15.4 Å². The summed E-state index contributed by atoms with van der Waals surface area (Å²) in [7, 11) is 1.67. The molecule has 0 rings (SSSR count). The van der Waals surface area contributed by atoms with Crippen LogP contribution in [0.15, 0.2) is 0 Å². The number of hydrogen-bond acceptors (Lipinski definition) is 3. The van der Waals surface area contributed by atoms with Gasteiger partial charge in [0.2, 0.25) is 5.91 Å². The first kappa shape index (κ1) is 19.4. The zero-order valence-electron chi connectivity index (χ0n) is 13.5. The van der Waals surface area contributed by atoms with Gasteiger partial charge in [0.1, 0.15) is 0 Å². The minimum Gasteiger partial charge on any atom is -0.383 e. The summed E-state index contributed by atoms with van der Waals surface area (Å²) in [5.74, 6) is 0.254. The van der Waals surface area contributed by atoms with Crippen LogP contribution >= 0.6 is 0 Å². The normalized spacial score (nSPS) is 10.8. The maximum absolute atomic E-state index is 12.1. The molecule has 2 N–H and O–H groups in total. The first-order valence-electron chi connectivity index (χ1n) is 8.23. The van der Waals surface area contributed by atoms with Crippen LogP contribution < -0.4 is 5.73 Å². The molecule has 120 valence electrons. The molecule has 0 aromatic carbocycles. The van der Waals surface area contributed by atoms with Crippen LogP contribution in [0.1, 0.15) is 64.7 Å². The molecule has 0 saturated carbocycles. The van der Waals surface area contributed by atoms with Gasteiger partial charge in [0.15, 0.2) is 0 Å². The lowest BCUT2D eigenvalue weighted by atomic mass is 10.1. The third-order valence-electron chi connectivity index (χ3n) is 3.54. The Bertz CT molecular complexity index is 215. The number of rotatable bonds is 14. The summed E-state index contributed by atoms with van der Waals surface area (Å²) in [6.07, 6.45) is 10.2. The van der Waals surface area contributed by atoms with Crippen molar-refractivity contribution in [1.29, 1.82) is 0 Å². The number of amides is 1. The van der Waals surface area contributed by atoms with Gasteiger partial charge in [0.05, 0.1) is 6.61 Å². The standard InChI is InChI=1S/C16H34N2O2/c1-3-4-5-6-7-8-9-11-16(19)18(13-10-12-17)14-15-20-2/h3-15,17H2,1-2H3. The van der Waals surface area contributed by atoms with Crippen LogP contribution in [0.3, 0.4) is 0 Å². The quantitative estimate of drug-likeness (QED) is 0.499. The molecule has 0 atom stereocenters. The molecule has 20 heavy (non-hydrogen) atoms. The Balaban J connectivity index is 3.71. The fourth-order valence-electron chi connectivity index (χ4n) is 2.24. The van der Waals surface area contributed by atoms with Crippen molar-refractivity contribution in [3.05, 3.63) is 0 Å². The minimum absolute atomic E-state index is 0.254. The summed E-state index contributed by atoms with van der Waals surface area (Å²) >= 11 is 0. The number of carbonyl (C=O) groups excluding carboxylic acids is 1. The second-order valence-electron chi connectivity index (χ2n) is 5.39. The third-order valence-corrected chi connectivity index (χ3v) is 3.54. The Morgan fingerprint density at radius 3 is 2.25 bits per heavy atom. The molecule has 0 bridgehead atoms. The van der Waals surface area contributed by atoms with Gasteiger partial charge in [0, 0.05) is 26.6 Å². The Morgan fingerprint density at radius 1 is 1.00 bits per heavy atom. The average Bonchev–Trinajstić information content (AvgIpc) is 2.46. The van der Waals surface area contributed by atoms with E-state index in [1.807, 2.05) is 4.90 Å². The van der Waals surface area contributed by atoms with Gasteiger partial charge in [-0.2, -0.15) is 0 Å². The van der Waals surface area contributed by atoms with Gasteiger partial charge in [-0.15, -0.1) is 0 Å². The highest BCUT2D eigenvalue weighted by atomic mass is 16.5. The maximum Gasteiger partial charge on any atom is 0.222 e. The fourth-order valence-corrected chi connectivity index (χ4v) is 2.24.